The van der Waals surface area contributed by atoms with Crippen LogP contribution in [0.4, 0.5) is 0 Å². The van der Waals surface area contributed by atoms with E-state index in [2.05, 4.69) is 22.4 Å². The average Bonchev–Trinajstić information content (AvgIpc) is 2.94. The van der Waals surface area contributed by atoms with Crippen molar-refractivity contribution in [3.63, 3.8) is 0 Å². The van der Waals surface area contributed by atoms with E-state index < -0.39 is 0 Å². The molecule has 0 spiro atoms. The first-order chi connectivity index (χ1) is 10.6. The zero-order valence-electron chi connectivity index (χ0n) is 13.4. The molecule has 0 aliphatic carbocycles. The van der Waals surface area contributed by atoms with Gasteiger partial charge in [0.05, 0.1) is 0 Å². The van der Waals surface area contributed by atoms with Gasteiger partial charge in [-0.05, 0) is 17.9 Å². The highest BCUT2D eigenvalue weighted by atomic mass is 16.5. The Morgan fingerprint density at radius 3 is 2.64 bits per heavy atom. The van der Waals surface area contributed by atoms with Gasteiger partial charge in [0.25, 0.3) is 0 Å². The van der Waals surface area contributed by atoms with Gasteiger partial charge in [-0.25, -0.2) is 0 Å². The first-order valence-corrected chi connectivity index (χ1v) is 7.77. The van der Waals surface area contributed by atoms with E-state index in [1.54, 1.807) is 0 Å². The molecule has 1 amide bonds. The molecule has 2 rings (SSSR count). The predicted octanol–water partition coefficient (Wildman–Crippen LogP) is 3.27. The van der Waals surface area contributed by atoms with Crippen molar-refractivity contribution in [3.8, 4) is 0 Å². The molecule has 1 N–H and O–H groups in total. The van der Waals surface area contributed by atoms with Crippen LogP contribution in [-0.2, 0) is 11.2 Å². The fourth-order valence-corrected chi connectivity index (χ4v) is 2.23. The number of carbonyl (C=O) groups excluding carboxylic acids is 1. The van der Waals surface area contributed by atoms with E-state index in [9.17, 15) is 4.79 Å². The van der Waals surface area contributed by atoms with Gasteiger partial charge in [0.15, 0.2) is 5.82 Å². The summed E-state index contributed by atoms with van der Waals surface area (Å²) in [6.45, 7) is 6.10. The molecule has 5 nitrogen and oxygen atoms in total. The van der Waals surface area contributed by atoms with Gasteiger partial charge in [-0.1, -0.05) is 56.3 Å². The Kier molecular flexibility index (Phi) is 5.69. The number of aromatic nitrogens is 2. The Hall–Kier alpha value is -2.17. The highest BCUT2D eigenvalue weighted by molar-refractivity contribution is 5.77. The second-order valence-electron chi connectivity index (χ2n) is 5.81. The molecule has 0 bridgehead atoms. The molecule has 0 fully saturated rings. The number of carbonyl (C=O) groups is 1. The van der Waals surface area contributed by atoms with E-state index >= 15 is 0 Å². The molecule has 118 valence electrons. The summed E-state index contributed by atoms with van der Waals surface area (Å²) in [6, 6.07) is 9.34. The summed E-state index contributed by atoms with van der Waals surface area (Å²) in [5.41, 5.74) is 0.948. The lowest BCUT2D eigenvalue weighted by Gasteiger charge is -2.16. The fourth-order valence-electron chi connectivity index (χ4n) is 2.23. The van der Waals surface area contributed by atoms with Gasteiger partial charge >= 0.3 is 0 Å². The third-order valence-electron chi connectivity index (χ3n) is 3.24. The molecule has 0 saturated heterocycles. The number of nitrogens with one attached hydrogen (secondary N) is 1. The lowest BCUT2D eigenvalue weighted by molar-refractivity contribution is -0.122. The van der Waals surface area contributed by atoms with Crippen molar-refractivity contribution in [2.24, 2.45) is 5.92 Å². The summed E-state index contributed by atoms with van der Waals surface area (Å²) in [5, 5.41) is 7.06. The largest absolute Gasteiger partial charge is 0.342 e. The topological polar surface area (TPSA) is 68.0 Å². The maximum atomic E-state index is 12.1. The van der Waals surface area contributed by atoms with Crippen LogP contribution >= 0.6 is 0 Å². The van der Waals surface area contributed by atoms with Gasteiger partial charge in [0.2, 0.25) is 11.8 Å². The summed E-state index contributed by atoms with van der Waals surface area (Å²) in [6.07, 6.45) is 2.16. The van der Waals surface area contributed by atoms with Gasteiger partial charge in [0, 0.05) is 12.8 Å². The normalized spacial score (nSPS) is 12.4. The highest BCUT2D eigenvalue weighted by Gasteiger charge is 2.22. The number of nitrogens with zero attached hydrogens (tertiary/aromatic N) is 2. The van der Waals surface area contributed by atoms with Crippen LogP contribution in [0, 0.1) is 5.92 Å². The minimum Gasteiger partial charge on any atom is -0.342 e. The number of rotatable bonds is 7. The Morgan fingerprint density at radius 2 is 2.00 bits per heavy atom. The molecule has 0 aliphatic heterocycles. The molecule has 1 unspecified atom stereocenters. The summed E-state index contributed by atoms with van der Waals surface area (Å²) in [5.74, 6) is 1.41. The third kappa shape index (κ3) is 4.41. The second-order valence-corrected chi connectivity index (χ2v) is 5.81. The molecule has 1 aromatic heterocycles. The van der Waals surface area contributed by atoms with Crippen molar-refractivity contribution in [2.45, 2.75) is 46.1 Å². The van der Waals surface area contributed by atoms with Gasteiger partial charge in [-0.2, -0.15) is 4.98 Å². The van der Waals surface area contributed by atoms with Crippen LogP contribution < -0.4 is 5.32 Å². The van der Waals surface area contributed by atoms with Gasteiger partial charge in [-0.3, -0.25) is 4.79 Å². The van der Waals surface area contributed by atoms with E-state index in [1.165, 1.54) is 0 Å². The molecule has 22 heavy (non-hydrogen) atoms. The average molecular weight is 301 g/mol. The Bertz CT molecular complexity index is 593. The lowest BCUT2D eigenvalue weighted by atomic mass is 10.0. The Balaban J connectivity index is 2.23. The predicted molar refractivity (Wildman–Crippen MR) is 84.2 cm³/mol. The number of hydrogen-bond acceptors (Lipinski definition) is 4. The molecule has 1 atom stereocenters. The first kappa shape index (κ1) is 16.2. The summed E-state index contributed by atoms with van der Waals surface area (Å²) < 4.78 is 5.26. The van der Waals surface area contributed by atoms with Crippen molar-refractivity contribution >= 4 is 5.91 Å². The van der Waals surface area contributed by atoms with Crippen LogP contribution in [0.3, 0.4) is 0 Å². The highest BCUT2D eigenvalue weighted by Crippen LogP contribution is 2.20. The lowest BCUT2D eigenvalue weighted by Crippen LogP contribution is -2.30. The quantitative estimate of drug-likeness (QED) is 0.852. The van der Waals surface area contributed by atoms with Crippen molar-refractivity contribution < 1.29 is 9.32 Å². The number of aryl methyl sites for hydroxylation is 1. The molecule has 2 aromatic rings. The standard InChI is InChI=1S/C17H23N3O2/c1-4-8-15-19-17(20-22-15)16(13-9-6-5-7-10-13)18-14(21)11-12(2)3/h5-7,9-10,12,16H,4,8,11H2,1-3H3,(H,18,21). The molecule has 0 saturated carbocycles. The van der Waals surface area contributed by atoms with E-state index in [-0.39, 0.29) is 11.9 Å². The van der Waals surface area contributed by atoms with E-state index in [4.69, 9.17) is 4.52 Å². The summed E-state index contributed by atoms with van der Waals surface area (Å²) >= 11 is 0. The van der Waals surface area contributed by atoms with Gasteiger partial charge in [-0.15, -0.1) is 0 Å². The minimum atomic E-state index is -0.373. The molecule has 0 radical (unpaired) electrons. The van der Waals surface area contributed by atoms with Gasteiger partial charge in [0.1, 0.15) is 6.04 Å². The number of benzene rings is 1. The molecule has 1 aromatic carbocycles. The molecular formula is C17H23N3O2. The summed E-state index contributed by atoms with van der Waals surface area (Å²) in [4.78, 5) is 16.6. The molecule has 5 heteroatoms. The third-order valence-corrected chi connectivity index (χ3v) is 3.24. The van der Waals surface area contributed by atoms with E-state index in [0.717, 1.165) is 18.4 Å². The zero-order valence-corrected chi connectivity index (χ0v) is 13.4. The van der Waals surface area contributed by atoms with Crippen LogP contribution in [0.1, 0.15) is 56.9 Å². The molecule has 1 heterocycles. The maximum Gasteiger partial charge on any atom is 0.226 e. The minimum absolute atomic E-state index is 0.00862. The van der Waals surface area contributed by atoms with Crippen LogP contribution in [0.5, 0.6) is 0 Å². The Morgan fingerprint density at radius 1 is 1.27 bits per heavy atom. The fraction of sp³-hybridized carbons (Fsp3) is 0.471. The van der Waals surface area contributed by atoms with Crippen molar-refractivity contribution in [1.29, 1.82) is 0 Å². The van der Waals surface area contributed by atoms with Crippen LogP contribution in [-0.4, -0.2) is 16.0 Å². The molecule has 0 aliphatic rings. The zero-order chi connectivity index (χ0) is 15.9. The number of hydrogen-bond donors (Lipinski definition) is 1. The smallest absolute Gasteiger partial charge is 0.226 e. The summed E-state index contributed by atoms with van der Waals surface area (Å²) in [7, 11) is 0. The van der Waals surface area contributed by atoms with Crippen LogP contribution in [0.25, 0.3) is 0 Å². The van der Waals surface area contributed by atoms with Crippen molar-refractivity contribution in [1.82, 2.24) is 15.5 Å². The monoisotopic (exact) mass is 301 g/mol. The molecular weight excluding hydrogens is 278 g/mol. The number of amides is 1. The van der Waals surface area contributed by atoms with Crippen LogP contribution in [0.15, 0.2) is 34.9 Å². The van der Waals surface area contributed by atoms with Gasteiger partial charge < -0.3 is 9.84 Å². The SMILES string of the molecule is CCCc1nc(C(NC(=O)CC(C)C)c2ccccc2)no1. The first-order valence-electron chi connectivity index (χ1n) is 7.77. The van der Waals surface area contributed by atoms with E-state index in [1.807, 2.05) is 44.2 Å². The second kappa shape index (κ2) is 7.73. The Labute approximate surface area is 131 Å². The maximum absolute atomic E-state index is 12.1. The van der Waals surface area contributed by atoms with E-state index in [0.29, 0.717) is 24.1 Å². The van der Waals surface area contributed by atoms with Crippen LogP contribution in [0.2, 0.25) is 0 Å². The van der Waals surface area contributed by atoms with Crippen molar-refractivity contribution in [2.75, 3.05) is 0 Å². The van der Waals surface area contributed by atoms with Crippen molar-refractivity contribution in [3.05, 3.63) is 47.6 Å².